The summed E-state index contributed by atoms with van der Waals surface area (Å²) >= 11 is 0. The van der Waals surface area contributed by atoms with Crippen LogP contribution in [0.25, 0.3) is 10.9 Å². The van der Waals surface area contributed by atoms with E-state index in [2.05, 4.69) is 20.4 Å². The van der Waals surface area contributed by atoms with E-state index in [9.17, 15) is 9.18 Å². The SMILES string of the molecule is O=C(Nc1ccc2[nH]ccc2c1)C1=NO[C@@H]2CN(Cc3ccc(F)cc3)C[C@H]12. The third-order valence-electron chi connectivity index (χ3n) is 5.34. The van der Waals surface area contributed by atoms with Gasteiger partial charge in [0.15, 0.2) is 5.71 Å². The van der Waals surface area contributed by atoms with E-state index in [1.54, 1.807) is 12.1 Å². The highest BCUT2D eigenvalue weighted by atomic mass is 19.1. The van der Waals surface area contributed by atoms with Crippen LogP contribution in [0.2, 0.25) is 0 Å². The summed E-state index contributed by atoms with van der Waals surface area (Å²) in [6.45, 7) is 2.07. The second-order valence-electron chi connectivity index (χ2n) is 7.28. The highest BCUT2D eigenvalue weighted by Crippen LogP contribution is 2.29. The predicted octanol–water partition coefficient (Wildman–Crippen LogP) is 3.13. The Balaban J connectivity index is 1.25. The number of rotatable bonds is 4. The smallest absolute Gasteiger partial charge is 0.273 e. The number of nitrogens with one attached hydrogen (secondary N) is 2. The largest absolute Gasteiger partial charge is 0.390 e. The lowest BCUT2D eigenvalue weighted by Crippen LogP contribution is -2.32. The van der Waals surface area contributed by atoms with Gasteiger partial charge in [0.25, 0.3) is 5.91 Å². The summed E-state index contributed by atoms with van der Waals surface area (Å²) in [4.78, 5) is 23.6. The average molecular weight is 378 g/mol. The van der Waals surface area contributed by atoms with Gasteiger partial charge >= 0.3 is 0 Å². The molecule has 5 rings (SSSR count). The van der Waals surface area contributed by atoms with E-state index >= 15 is 0 Å². The van der Waals surface area contributed by atoms with Crippen molar-refractivity contribution in [2.24, 2.45) is 11.1 Å². The lowest BCUT2D eigenvalue weighted by Gasteiger charge is -2.16. The molecule has 3 heterocycles. The Morgan fingerprint density at radius 1 is 1.21 bits per heavy atom. The van der Waals surface area contributed by atoms with E-state index in [1.165, 1.54) is 12.1 Å². The molecule has 1 fully saturated rings. The Morgan fingerprint density at radius 2 is 2.07 bits per heavy atom. The molecular formula is C21H19FN4O2. The molecule has 6 nitrogen and oxygen atoms in total. The molecule has 2 atom stereocenters. The van der Waals surface area contributed by atoms with Gasteiger partial charge in [0.1, 0.15) is 11.9 Å². The zero-order valence-electron chi connectivity index (χ0n) is 15.1. The van der Waals surface area contributed by atoms with Gasteiger partial charge in [-0.15, -0.1) is 0 Å². The van der Waals surface area contributed by atoms with Crippen LogP contribution in [-0.4, -0.2) is 40.7 Å². The predicted molar refractivity (Wildman–Crippen MR) is 104 cm³/mol. The van der Waals surface area contributed by atoms with E-state index in [0.717, 1.165) is 22.2 Å². The standard InChI is InChI=1S/C21H19FN4O2/c22-15-3-1-13(2-4-15)10-26-11-17-19(12-26)28-25-20(17)21(27)24-16-5-6-18-14(9-16)7-8-23-18/h1-9,17,19,23H,10-12H2,(H,24,27)/t17-,19+/m0/s1. The summed E-state index contributed by atoms with van der Waals surface area (Å²) in [5, 5.41) is 8.00. The molecule has 142 valence electrons. The van der Waals surface area contributed by atoms with Crippen LogP contribution >= 0.6 is 0 Å². The first-order valence-electron chi connectivity index (χ1n) is 9.25. The second-order valence-corrected chi connectivity index (χ2v) is 7.28. The maximum Gasteiger partial charge on any atom is 0.273 e. The lowest BCUT2D eigenvalue weighted by molar-refractivity contribution is -0.110. The van der Waals surface area contributed by atoms with Crippen LogP contribution < -0.4 is 5.32 Å². The first-order chi connectivity index (χ1) is 13.7. The van der Waals surface area contributed by atoms with E-state index in [4.69, 9.17) is 4.84 Å². The molecule has 7 heteroatoms. The van der Waals surface area contributed by atoms with Crippen molar-refractivity contribution in [2.75, 3.05) is 18.4 Å². The van der Waals surface area contributed by atoms with Crippen molar-refractivity contribution < 1.29 is 14.0 Å². The number of oxime groups is 1. The number of carbonyl (C=O) groups is 1. The summed E-state index contributed by atoms with van der Waals surface area (Å²) in [5.41, 5.74) is 3.21. The van der Waals surface area contributed by atoms with Crippen LogP contribution in [0.1, 0.15) is 5.56 Å². The maximum absolute atomic E-state index is 13.1. The van der Waals surface area contributed by atoms with Crippen LogP contribution in [-0.2, 0) is 16.2 Å². The highest BCUT2D eigenvalue weighted by molar-refractivity contribution is 6.44. The first kappa shape index (κ1) is 16.9. The molecular weight excluding hydrogens is 359 g/mol. The van der Waals surface area contributed by atoms with E-state index in [1.807, 2.05) is 30.5 Å². The number of nitrogens with zero attached hydrogens (tertiary/aromatic N) is 2. The minimum absolute atomic E-state index is 0.0589. The fraction of sp³-hybridized carbons (Fsp3) is 0.238. The number of H-pyrrole nitrogens is 1. The summed E-state index contributed by atoms with van der Waals surface area (Å²) < 4.78 is 13.1. The number of hydrogen-bond acceptors (Lipinski definition) is 4. The number of aromatic amines is 1. The van der Waals surface area contributed by atoms with Crippen molar-refractivity contribution in [3.8, 4) is 0 Å². The molecule has 0 radical (unpaired) electrons. The van der Waals surface area contributed by atoms with Gasteiger partial charge in [0.05, 0.1) is 5.92 Å². The molecule has 0 bridgehead atoms. The number of halogens is 1. The quantitative estimate of drug-likeness (QED) is 0.733. The molecule has 2 aliphatic heterocycles. The number of anilines is 1. The number of amides is 1. The molecule has 1 saturated heterocycles. The van der Waals surface area contributed by atoms with Gasteiger partial charge in [-0.3, -0.25) is 9.69 Å². The molecule has 3 aromatic rings. The van der Waals surface area contributed by atoms with Crippen LogP contribution in [0.5, 0.6) is 0 Å². The summed E-state index contributed by atoms with van der Waals surface area (Å²) in [6, 6.07) is 14.2. The fourth-order valence-electron chi connectivity index (χ4n) is 3.93. The Bertz CT molecular complexity index is 1060. The number of benzene rings is 2. The minimum atomic E-state index is -0.241. The topological polar surface area (TPSA) is 69.7 Å². The van der Waals surface area contributed by atoms with E-state index < -0.39 is 0 Å². The molecule has 0 aliphatic carbocycles. The van der Waals surface area contributed by atoms with Crippen molar-refractivity contribution in [2.45, 2.75) is 12.6 Å². The molecule has 0 unspecified atom stereocenters. The molecule has 2 N–H and O–H groups in total. The fourth-order valence-corrected chi connectivity index (χ4v) is 3.93. The zero-order chi connectivity index (χ0) is 19.1. The Kier molecular flexibility index (Phi) is 4.09. The van der Waals surface area contributed by atoms with E-state index in [-0.39, 0.29) is 23.7 Å². The Labute approximate surface area is 161 Å². The van der Waals surface area contributed by atoms with Crippen LogP contribution in [0.3, 0.4) is 0 Å². The Morgan fingerprint density at radius 3 is 2.93 bits per heavy atom. The molecule has 1 aromatic heterocycles. The van der Waals surface area contributed by atoms with Gasteiger partial charge in [0, 0.05) is 42.4 Å². The van der Waals surface area contributed by atoms with Gasteiger partial charge in [-0.05, 0) is 42.0 Å². The van der Waals surface area contributed by atoms with Crippen molar-refractivity contribution in [3.63, 3.8) is 0 Å². The minimum Gasteiger partial charge on any atom is -0.390 e. The Hall–Kier alpha value is -3.19. The zero-order valence-corrected chi connectivity index (χ0v) is 15.1. The average Bonchev–Trinajstić information content (AvgIpc) is 3.38. The van der Waals surface area contributed by atoms with Crippen molar-refractivity contribution in [1.82, 2.24) is 9.88 Å². The molecule has 0 saturated carbocycles. The molecule has 0 spiro atoms. The first-order valence-corrected chi connectivity index (χ1v) is 9.25. The molecule has 1 amide bonds. The van der Waals surface area contributed by atoms with Crippen LogP contribution in [0.4, 0.5) is 10.1 Å². The van der Waals surface area contributed by atoms with Gasteiger partial charge < -0.3 is 15.1 Å². The summed E-state index contributed by atoms with van der Waals surface area (Å²) in [5.74, 6) is -0.531. The van der Waals surface area contributed by atoms with Gasteiger partial charge in [-0.2, -0.15) is 0 Å². The van der Waals surface area contributed by atoms with Gasteiger partial charge in [-0.25, -0.2) is 4.39 Å². The molecule has 2 aliphatic rings. The number of carbonyl (C=O) groups excluding carboxylic acids is 1. The van der Waals surface area contributed by atoms with E-state index in [0.29, 0.717) is 25.3 Å². The number of fused-ring (bicyclic) bond motifs is 2. The van der Waals surface area contributed by atoms with Crippen molar-refractivity contribution >= 4 is 28.2 Å². The van der Waals surface area contributed by atoms with Crippen LogP contribution in [0.15, 0.2) is 59.9 Å². The number of likely N-dealkylation sites (tertiary alicyclic amines) is 1. The molecule has 2 aromatic carbocycles. The third-order valence-corrected chi connectivity index (χ3v) is 5.34. The van der Waals surface area contributed by atoms with Crippen molar-refractivity contribution in [1.29, 1.82) is 0 Å². The third kappa shape index (κ3) is 3.14. The normalized spacial score (nSPS) is 21.4. The summed E-state index contributed by atoms with van der Waals surface area (Å²) in [6.07, 6.45) is 1.75. The lowest BCUT2D eigenvalue weighted by atomic mass is 10.0. The monoisotopic (exact) mass is 378 g/mol. The second kappa shape index (κ2) is 6.76. The van der Waals surface area contributed by atoms with Crippen molar-refractivity contribution in [3.05, 3.63) is 66.1 Å². The van der Waals surface area contributed by atoms with Gasteiger partial charge in [0.2, 0.25) is 0 Å². The number of hydrogen-bond donors (Lipinski definition) is 2. The summed E-state index contributed by atoms with van der Waals surface area (Å²) in [7, 11) is 0. The number of aromatic nitrogens is 1. The van der Waals surface area contributed by atoms with Gasteiger partial charge in [-0.1, -0.05) is 17.3 Å². The molecule has 28 heavy (non-hydrogen) atoms. The van der Waals surface area contributed by atoms with Crippen LogP contribution in [0, 0.1) is 11.7 Å². The highest BCUT2D eigenvalue weighted by Gasteiger charge is 2.44. The maximum atomic E-state index is 13.1.